The van der Waals surface area contributed by atoms with Crippen LogP contribution in [0.4, 0.5) is 0 Å². The summed E-state index contributed by atoms with van der Waals surface area (Å²) in [6.07, 6.45) is 3.70. The zero-order valence-corrected chi connectivity index (χ0v) is 14.2. The summed E-state index contributed by atoms with van der Waals surface area (Å²) >= 11 is 13.6. The molecule has 0 aliphatic carbocycles. The fourth-order valence-corrected chi connectivity index (χ4v) is 4.07. The van der Waals surface area contributed by atoms with Crippen molar-refractivity contribution < 1.29 is 13.5 Å². The first kappa shape index (κ1) is 18.1. The minimum absolute atomic E-state index is 0.00788. The SMILES string of the molecule is CSCCCCNS(=O)(=O)c1cc(Cl)cc(CO)c1Cl. The molecule has 1 aromatic rings. The monoisotopic (exact) mass is 357 g/mol. The molecule has 0 saturated heterocycles. The molecule has 0 heterocycles. The van der Waals surface area contributed by atoms with E-state index in [1.54, 1.807) is 11.8 Å². The molecule has 20 heavy (non-hydrogen) atoms. The normalized spacial score (nSPS) is 11.8. The number of rotatable bonds is 8. The molecule has 0 radical (unpaired) electrons. The van der Waals surface area contributed by atoms with Crippen LogP contribution in [0.1, 0.15) is 18.4 Å². The highest BCUT2D eigenvalue weighted by molar-refractivity contribution is 7.98. The molecular formula is C12H17Cl2NO3S2. The lowest BCUT2D eigenvalue weighted by Gasteiger charge is -2.11. The summed E-state index contributed by atoms with van der Waals surface area (Å²) in [7, 11) is -3.72. The van der Waals surface area contributed by atoms with Crippen LogP contribution in [0, 0.1) is 0 Å². The first-order chi connectivity index (χ1) is 9.42. The van der Waals surface area contributed by atoms with Crippen LogP contribution in [0.15, 0.2) is 17.0 Å². The summed E-state index contributed by atoms with van der Waals surface area (Å²) in [5.41, 5.74) is 0.293. The van der Waals surface area contributed by atoms with Gasteiger partial charge in [-0.1, -0.05) is 23.2 Å². The van der Waals surface area contributed by atoms with E-state index in [1.807, 2.05) is 6.26 Å². The molecule has 0 unspecified atom stereocenters. The zero-order chi connectivity index (χ0) is 15.2. The molecule has 0 bridgehead atoms. The predicted molar refractivity (Wildman–Crippen MR) is 85.2 cm³/mol. The summed E-state index contributed by atoms with van der Waals surface area (Å²) in [6, 6.07) is 2.73. The molecule has 0 amide bonds. The Hall–Kier alpha value is 0.0200. The predicted octanol–water partition coefficient (Wildman–Crippen LogP) is 2.91. The van der Waals surface area contributed by atoms with E-state index in [-0.39, 0.29) is 21.5 Å². The summed E-state index contributed by atoms with van der Waals surface area (Å²) in [6.45, 7) is -0.0180. The maximum Gasteiger partial charge on any atom is 0.242 e. The fourth-order valence-electron chi connectivity index (χ4n) is 1.58. The third-order valence-corrected chi connectivity index (χ3v) is 5.57. The zero-order valence-electron chi connectivity index (χ0n) is 11.0. The Morgan fingerprint density at radius 3 is 2.60 bits per heavy atom. The molecular weight excluding hydrogens is 341 g/mol. The van der Waals surface area contributed by atoms with Gasteiger partial charge >= 0.3 is 0 Å². The number of hydrogen-bond donors (Lipinski definition) is 2. The van der Waals surface area contributed by atoms with Gasteiger partial charge in [0.25, 0.3) is 0 Å². The van der Waals surface area contributed by atoms with Gasteiger partial charge in [0.05, 0.1) is 11.6 Å². The number of aliphatic hydroxyl groups excluding tert-OH is 1. The van der Waals surface area contributed by atoms with Gasteiger partial charge < -0.3 is 5.11 Å². The standard InChI is InChI=1S/C12H17Cl2NO3S2/c1-19-5-3-2-4-15-20(17,18)11-7-10(13)6-9(8-16)12(11)14/h6-7,15-16H,2-5,8H2,1H3. The van der Waals surface area contributed by atoms with Crippen LogP contribution < -0.4 is 4.72 Å². The Kier molecular flexibility index (Phi) is 7.64. The number of aliphatic hydroxyl groups is 1. The Labute approximate surface area is 133 Å². The van der Waals surface area contributed by atoms with E-state index >= 15 is 0 Å². The van der Waals surface area contributed by atoms with Gasteiger partial charge in [0.1, 0.15) is 4.90 Å². The van der Waals surface area contributed by atoms with Crippen LogP contribution in [-0.2, 0) is 16.6 Å². The van der Waals surface area contributed by atoms with Crippen molar-refractivity contribution in [1.29, 1.82) is 0 Å². The molecule has 0 atom stereocenters. The van der Waals surface area contributed by atoms with Crippen LogP contribution >= 0.6 is 35.0 Å². The average molecular weight is 358 g/mol. The molecule has 0 aliphatic heterocycles. The summed E-state index contributed by atoms with van der Waals surface area (Å²) < 4.78 is 26.8. The molecule has 8 heteroatoms. The minimum atomic E-state index is -3.72. The number of benzene rings is 1. The highest BCUT2D eigenvalue weighted by Gasteiger charge is 2.20. The van der Waals surface area contributed by atoms with Crippen molar-refractivity contribution in [3.63, 3.8) is 0 Å². The number of sulfonamides is 1. The van der Waals surface area contributed by atoms with E-state index in [1.165, 1.54) is 12.1 Å². The lowest BCUT2D eigenvalue weighted by Crippen LogP contribution is -2.25. The second-order valence-corrected chi connectivity index (χ2v) is 7.67. The fraction of sp³-hybridized carbons (Fsp3) is 0.500. The van der Waals surface area contributed by atoms with Crippen LogP contribution in [-0.4, -0.2) is 32.1 Å². The van der Waals surface area contributed by atoms with E-state index in [0.717, 1.165) is 18.6 Å². The van der Waals surface area contributed by atoms with Gasteiger partial charge in [-0.2, -0.15) is 11.8 Å². The van der Waals surface area contributed by atoms with Crippen molar-refractivity contribution in [2.45, 2.75) is 24.3 Å². The van der Waals surface area contributed by atoms with Gasteiger partial charge in [0.15, 0.2) is 0 Å². The van der Waals surface area contributed by atoms with Crippen LogP contribution in [0.5, 0.6) is 0 Å². The van der Waals surface area contributed by atoms with Gasteiger partial charge in [0, 0.05) is 11.6 Å². The highest BCUT2D eigenvalue weighted by atomic mass is 35.5. The van der Waals surface area contributed by atoms with Crippen molar-refractivity contribution >= 4 is 45.0 Å². The first-order valence-corrected chi connectivity index (χ1v) is 9.63. The largest absolute Gasteiger partial charge is 0.392 e. The van der Waals surface area contributed by atoms with Gasteiger partial charge in [-0.15, -0.1) is 0 Å². The Morgan fingerprint density at radius 1 is 1.30 bits per heavy atom. The van der Waals surface area contributed by atoms with E-state index in [2.05, 4.69) is 4.72 Å². The average Bonchev–Trinajstić information content (AvgIpc) is 2.40. The number of hydrogen-bond acceptors (Lipinski definition) is 4. The molecule has 1 aromatic carbocycles. The van der Waals surface area contributed by atoms with Gasteiger partial charge in [-0.3, -0.25) is 0 Å². The molecule has 1 rings (SSSR count). The molecule has 0 fully saturated rings. The maximum absolute atomic E-state index is 12.2. The number of unbranched alkanes of at least 4 members (excludes halogenated alkanes) is 1. The molecule has 2 N–H and O–H groups in total. The Morgan fingerprint density at radius 2 is 2.00 bits per heavy atom. The van der Waals surface area contributed by atoms with Crippen LogP contribution in [0.25, 0.3) is 0 Å². The van der Waals surface area contributed by atoms with Gasteiger partial charge in [-0.25, -0.2) is 13.1 Å². The highest BCUT2D eigenvalue weighted by Crippen LogP contribution is 2.29. The third-order valence-electron chi connectivity index (χ3n) is 2.61. The van der Waals surface area contributed by atoms with E-state index in [0.29, 0.717) is 12.1 Å². The Balaban J connectivity index is 2.84. The van der Waals surface area contributed by atoms with Gasteiger partial charge in [0.2, 0.25) is 10.0 Å². The van der Waals surface area contributed by atoms with Crippen LogP contribution in [0.2, 0.25) is 10.0 Å². The molecule has 0 aliphatic rings. The van der Waals surface area contributed by atoms with Gasteiger partial charge in [-0.05, 0) is 42.5 Å². The Bertz CT molecular complexity index is 550. The maximum atomic E-state index is 12.2. The second-order valence-electron chi connectivity index (χ2n) is 4.13. The summed E-state index contributed by atoms with van der Waals surface area (Å²) in [4.78, 5) is -0.0967. The minimum Gasteiger partial charge on any atom is -0.392 e. The lowest BCUT2D eigenvalue weighted by atomic mass is 10.2. The summed E-state index contributed by atoms with van der Waals surface area (Å²) in [5.74, 6) is 0.994. The number of thioether (sulfide) groups is 1. The molecule has 0 saturated carbocycles. The first-order valence-electron chi connectivity index (χ1n) is 5.99. The molecule has 114 valence electrons. The lowest BCUT2D eigenvalue weighted by molar-refractivity contribution is 0.281. The number of nitrogens with one attached hydrogen (secondary N) is 1. The summed E-state index contributed by atoms with van der Waals surface area (Å²) in [5, 5.41) is 9.38. The van der Waals surface area contributed by atoms with Crippen molar-refractivity contribution in [1.82, 2.24) is 4.72 Å². The smallest absolute Gasteiger partial charge is 0.242 e. The molecule has 0 aromatic heterocycles. The van der Waals surface area contributed by atoms with Crippen molar-refractivity contribution in [3.8, 4) is 0 Å². The molecule has 0 spiro atoms. The quantitative estimate of drug-likeness (QED) is 0.702. The van der Waals surface area contributed by atoms with E-state index in [4.69, 9.17) is 28.3 Å². The van der Waals surface area contributed by atoms with Crippen LogP contribution in [0.3, 0.4) is 0 Å². The molecule has 4 nitrogen and oxygen atoms in total. The third kappa shape index (κ3) is 5.09. The second kappa shape index (κ2) is 8.46. The van der Waals surface area contributed by atoms with Crippen molar-refractivity contribution in [2.24, 2.45) is 0 Å². The van der Waals surface area contributed by atoms with E-state index in [9.17, 15) is 8.42 Å². The van der Waals surface area contributed by atoms with Crippen molar-refractivity contribution in [3.05, 3.63) is 27.7 Å². The number of halogens is 2. The van der Waals surface area contributed by atoms with E-state index < -0.39 is 10.0 Å². The van der Waals surface area contributed by atoms with Crippen molar-refractivity contribution in [2.75, 3.05) is 18.6 Å². The topological polar surface area (TPSA) is 66.4 Å².